The molecule has 0 N–H and O–H groups in total. The molecule has 0 saturated heterocycles. The zero-order chi connectivity index (χ0) is 13.2. The van der Waals surface area contributed by atoms with Crippen LogP contribution in [0, 0.1) is 0 Å². The van der Waals surface area contributed by atoms with E-state index < -0.39 is 0 Å². The first kappa shape index (κ1) is 11.8. The molecule has 0 fully saturated rings. The first-order valence-electron chi connectivity index (χ1n) is 6.54. The van der Waals surface area contributed by atoms with Gasteiger partial charge in [0.05, 0.1) is 0 Å². The zero-order valence-corrected chi connectivity index (χ0v) is 11.2. The molecule has 1 heteroatoms. The van der Waals surface area contributed by atoms with Gasteiger partial charge in [-0.2, -0.15) is 0 Å². The Bertz CT molecular complexity index is 678. The van der Waals surface area contributed by atoms with Crippen LogP contribution in [0.1, 0.15) is 19.4 Å². The number of fused-ring (bicyclic) bond motifs is 3. The highest BCUT2D eigenvalue weighted by Crippen LogP contribution is 2.42. The minimum absolute atomic E-state index is 0.917. The van der Waals surface area contributed by atoms with Crippen LogP contribution in [0.2, 0.25) is 0 Å². The van der Waals surface area contributed by atoms with E-state index >= 15 is 0 Å². The molecule has 1 nitrogen and oxygen atoms in total. The number of hydrogen-bond donors (Lipinski definition) is 0. The summed E-state index contributed by atoms with van der Waals surface area (Å²) in [6.45, 7) is 4.06. The topological polar surface area (TPSA) is 9.23 Å². The molecule has 1 aliphatic rings. The first-order valence-corrected chi connectivity index (χ1v) is 6.54. The van der Waals surface area contributed by atoms with Crippen LogP contribution in [0.3, 0.4) is 0 Å². The summed E-state index contributed by atoms with van der Waals surface area (Å²) in [5.41, 5.74) is 4.75. The van der Waals surface area contributed by atoms with Gasteiger partial charge in [-0.15, -0.1) is 0 Å². The van der Waals surface area contributed by atoms with Crippen molar-refractivity contribution in [3.8, 4) is 16.9 Å². The van der Waals surface area contributed by atoms with E-state index in [1.165, 1.54) is 11.1 Å². The third kappa shape index (κ3) is 1.88. The normalized spacial score (nSPS) is 17.6. The molecule has 0 aliphatic carbocycles. The first-order chi connectivity index (χ1) is 9.35. The lowest BCUT2D eigenvalue weighted by atomic mass is 9.94. The fourth-order valence-corrected chi connectivity index (χ4v) is 2.55. The summed E-state index contributed by atoms with van der Waals surface area (Å²) in [5, 5.41) is 0. The second kappa shape index (κ2) is 4.77. The van der Waals surface area contributed by atoms with Gasteiger partial charge in [-0.25, -0.2) is 0 Å². The van der Waals surface area contributed by atoms with E-state index in [2.05, 4.69) is 49.4 Å². The Balaban J connectivity index is 2.37. The summed E-state index contributed by atoms with van der Waals surface area (Å²) in [6.07, 6.45) is 4.13. The van der Waals surface area contributed by atoms with Crippen molar-refractivity contribution in [3.05, 3.63) is 72.0 Å². The highest BCUT2D eigenvalue weighted by atomic mass is 16.5. The van der Waals surface area contributed by atoms with E-state index in [4.69, 9.17) is 4.74 Å². The molecule has 0 atom stereocenters. The number of rotatable bonds is 0. The summed E-state index contributed by atoms with van der Waals surface area (Å²) in [6, 6.07) is 16.6. The molecule has 0 spiro atoms. The Labute approximate surface area is 113 Å². The maximum Gasteiger partial charge on any atom is 0.135 e. The van der Waals surface area contributed by atoms with Gasteiger partial charge in [0.1, 0.15) is 11.5 Å². The number of benzene rings is 2. The van der Waals surface area contributed by atoms with E-state index in [-0.39, 0.29) is 0 Å². The second-order valence-electron chi connectivity index (χ2n) is 4.50. The maximum atomic E-state index is 6.08. The van der Waals surface area contributed by atoms with Crippen molar-refractivity contribution in [1.29, 1.82) is 0 Å². The molecule has 1 aliphatic heterocycles. The van der Waals surface area contributed by atoms with Gasteiger partial charge in [0.15, 0.2) is 0 Å². The zero-order valence-electron chi connectivity index (χ0n) is 11.2. The van der Waals surface area contributed by atoms with Crippen LogP contribution in [-0.4, -0.2) is 0 Å². The fraction of sp³-hybridized carbons (Fsp3) is 0.111. The van der Waals surface area contributed by atoms with Gasteiger partial charge in [0, 0.05) is 11.1 Å². The molecular weight excluding hydrogens is 232 g/mol. The van der Waals surface area contributed by atoms with Gasteiger partial charge in [-0.1, -0.05) is 48.5 Å². The van der Waals surface area contributed by atoms with Crippen LogP contribution in [0.4, 0.5) is 0 Å². The highest BCUT2D eigenvalue weighted by Gasteiger charge is 2.20. The highest BCUT2D eigenvalue weighted by molar-refractivity contribution is 5.91. The van der Waals surface area contributed by atoms with Crippen molar-refractivity contribution >= 4 is 5.57 Å². The third-order valence-corrected chi connectivity index (χ3v) is 3.43. The van der Waals surface area contributed by atoms with Crippen molar-refractivity contribution in [2.75, 3.05) is 0 Å². The molecule has 0 radical (unpaired) electrons. The van der Waals surface area contributed by atoms with E-state index in [9.17, 15) is 0 Å². The van der Waals surface area contributed by atoms with Gasteiger partial charge in [-0.3, -0.25) is 0 Å². The van der Waals surface area contributed by atoms with E-state index in [0.717, 1.165) is 22.6 Å². The SMILES string of the molecule is CC=C1Oc2ccccc2-c2ccccc2C1=CC. The largest absolute Gasteiger partial charge is 0.456 e. The average molecular weight is 248 g/mol. The molecule has 0 aromatic heterocycles. The Morgan fingerprint density at radius 3 is 2.05 bits per heavy atom. The number of para-hydroxylation sites is 1. The van der Waals surface area contributed by atoms with E-state index in [0.29, 0.717) is 0 Å². The average Bonchev–Trinajstić information content (AvgIpc) is 2.61. The molecule has 0 saturated carbocycles. The Hall–Kier alpha value is -2.28. The quantitative estimate of drug-likeness (QED) is 0.633. The standard InChI is InChI=1S/C18H16O/c1-3-13-14-9-5-6-10-15(14)16-11-7-8-12-18(16)19-17(13)4-2/h3-12H,1-2H3. The molecule has 0 unspecified atom stereocenters. The number of ether oxygens (including phenoxy) is 1. The predicted octanol–water partition coefficient (Wildman–Crippen LogP) is 5.05. The van der Waals surface area contributed by atoms with Crippen LogP contribution in [-0.2, 0) is 0 Å². The molecule has 0 amide bonds. The molecule has 19 heavy (non-hydrogen) atoms. The predicted molar refractivity (Wildman–Crippen MR) is 79.9 cm³/mol. The molecule has 2 aromatic carbocycles. The molecule has 0 bridgehead atoms. The lowest BCUT2D eigenvalue weighted by molar-refractivity contribution is 0.451. The van der Waals surface area contributed by atoms with Crippen LogP contribution < -0.4 is 4.74 Å². The molecule has 3 rings (SSSR count). The van der Waals surface area contributed by atoms with Gasteiger partial charge in [0.2, 0.25) is 0 Å². The van der Waals surface area contributed by atoms with Gasteiger partial charge in [0.25, 0.3) is 0 Å². The Kier molecular flexibility index (Phi) is 2.96. The van der Waals surface area contributed by atoms with Crippen molar-refractivity contribution in [3.63, 3.8) is 0 Å². The third-order valence-electron chi connectivity index (χ3n) is 3.43. The van der Waals surface area contributed by atoms with Crippen LogP contribution in [0.15, 0.2) is 66.4 Å². The van der Waals surface area contributed by atoms with E-state index in [1.807, 2.05) is 25.1 Å². The summed E-state index contributed by atoms with van der Waals surface area (Å²) >= 11 is 0. The summed E-state index contributed by atoms with van der Waals surface area (Å²) in [5.74, 6) is 1.83. The second-order valence-corrected chi connectivity index (χ2v) is 4.50. The van der Waals surface area contributed by atoms with Crippen molar-refractivity contribution in [2.24, 2.45) is 0 Å². The van der Waals surface area contributed by atoms with Crippen LogP contribution in [0.25, 0.3) is 16.7 Å². The monoisotopic (exact) mass is 248 g/mol. The molecular formula is C18H16O. The van der Waals surface area contributed by atoms with Gasteiger partial charge >= 0.3 is 0 Å². The van der Waals surface area contributed by atoms with Gasteiger partial charge in [-0.05, 0) is 37.1 Å². The Morgan fingerprint density at radius 1 is 0.737 bits per heavy atom. The molecule has 94 valence electrons. The minimum atomic E-state index is 0.917. The molecule has 2 aromatic rings. The summed E-state index contributed by atoms with van der Waals surface area (Å²) in [4.78, 5) is 0. The number of allylic oxidation sites excluding steroid dienone is 3. The maximum absolute atomic E-state index is 6.08. The van der Waals surface area contributed by atoms with Gasteiger partial charge < -0.3 is 4.74 Å². The van der Waals surface area contributed by atoms with E-state index in [1.54, 1.807) is 0 Å². The summed E-state index contributed by atoms with van der Waals surface area (Å²) < 4.78 is 6.08. The van der Waals surface area contributed by atoms with Crippen molar-refractivity contribution < 1.29 is 4.74 Å². The minimum Gasteiger partial charge on any atom is -0.456 e. The lowest BCUT2D eigenvalue weighted by Gasteiger charge is -2.10. The van der Waals surface area contributed by atoms with Crippen molar-refractivity contribution in [1.82, 2.24) is 0 Å². The van der Waals surface area contributed by atoms with Crippen LogP contribution in [0.5, 0.6) is 5.75 Å². The molecule has 1 heterocycles. The lowest BCUT2D eigenvalue weighted by Crippen LogP contribution is -1.96. The Morgan fingerprint density at radius 2 is 1.37 bits per heavy atom. The number of hydrogen-bond acceptors (Lipinski definition) is 1. The fourth-order valence-electron chi connectivity index (χ4n) is 2.55. The van der Waals surface area contributed by atoms with Crippen LogP contribution >= 0.6 is 0 Å². The summed E-state index contributed by atoms with van der Waals surface area (Å²) in [7, 11) is 0. The smallest absolute Gasteiger partial charge is 0.135 e. The van der Waals surface area contributed by atoms with Crippen molar-refractivity contribution in [2.45, 2.75) is 13.8 Å².